The van der Waals surface area contributed by atoms with Crippen LogP contribution in [0.5, 0.6) is 0 Å². The van der Waals surface area contributed by atoms with Crippen molar-refractivity contribution >= 4 is 53.4 Å². The van der Waals surface area contributed by atoms with Gasteiger partial charge in [0.25, 0.3) is 0 Å². The van der Waals surface area contributed by atoms with E-state index in [1.165, 1.54) is 76.2 Å². The molecule has 0 amide bonds. The molecule has 0 nitrogen and oxygen atoms in total. The molecule has 5 aromatic carbocycles. The minimum absolute atomic E-state index is 0.0856. The fourth-order valence-electron chi connectivity index (χ4n) is 4.64. The van der Waals surface area contributed by atoms with Crippen molar-refractivity contribution in [3.8, 4) is 11.1 Å². The fourth-order valence-corrected chi connectivity index (χ4v) is 7.42. The quantitative estimate of drug-likeness (QED) is 0.0969. The molecule has 0 aliphatic rings. The van der Waals surface area contributed by atoms with Crippen LogP contribution in [0.15, 0.2) is 97.1 Å². The number of fused-ring (bicyclic) bond motifs is 2. The summed E-state index contributed by atoms with van der Waals surface area (Å²) in [5.74, 6) is 0. The summed E-state index contributed by atoms with van der Waals surface area (Å²) in [5, 5.41) is 7.17. The van der Waals surface area contributed by atoms with Gasteiger partial charge >= 0.3 is 35.6 Å². The molecular formula is C33H37Cl2PTi-2. The first-order chi connectivity index (χ1) is 18.1. The van der Waals surface area contributed by atoms with Crippen LogP contribution in [0.2, 0.25) is 0 Å². The molecule has 0 heterocycles. The maximum atomic E-state index is 4.89. The Morgan fingerprint density at radius 2 is 1.35 bits per heavy atom. The standard InChI is InChI=1S/C17H24P.C16H13.2ClH.Ti/c1-3-5-11-18(12-6-4-2)17-13-15-9-7-8-10-16(15)14-17;1-12-10-14-8-5-9-15(16(14)11-12)13-6-3-2-4-7-13;;;/h7-10,13-14H,3-6,11-12H2,1-2H3;2-11H,1H3;2*1H;/q2*-1;;;+2/p-2. The van der Waals surface area contributed by atoms with Crippen molar-refractivity contribution in [3.05, 3.63) is 103 Å². The van der Waals surface area contributed by atoms with Crippen molar-refractivity contribution in [1.82, 2.24) is 0 Å². The van der Waals surface area contributed by atoms with Crippen molar-refractivity contribution in [1.29, 1.82) is 0 Å². The van der Waals surface area contributed by atoms with Gasteiger partial charge in [-0.25, -0.2) is 0 Å². The number of hydrogen-bond acceptors (Lipinski definition) is 0. The molecule has 4 heteroatoms. The zero-order valence-corrected chi connectivity index (χ0v) is 26.2. The summed E-state index contributed by atoms with van der Waals surface area (Å²) in [7, 11) is 9.86. The van der Waals surface area contributed by atoms with E-state index in [4.69, 9.17) is 18.6 Å². The van der Waals surface area contributed by atoms with E-state index >= 15 is 0 Å². The van der Waals surface area contributed by atoms with Gasteiger partial charge < -0.3 is 0 Å². The average molecular weight is 583 g/mol. The SMILES string of the molecule is CCCCP(CCCC)c1cc2ccccc2[cH-]1.Cc1cc2c(-c3ccccc3)cccc2[cH-]1.[Cl][Ti][Cl]. The molecule has 0 bridgehead atoms. The van der Waals surface area contributed by atoms with Crippen molar-refractivity contribution in [2.75, 3.05) is 12.3 Å². The molecule has 5 aromatic rings. The van der Waals surface area contributed by atoms with Crippen LogP contribution >= 0.6 is 26.5 Å². The fraction of sp³-hybridized carbons (Fsp3) is 0.273. The summed E-state index contributed by atoms with van der Waals surface area (Å²) in [4.78, 5) is 0. The van der Waals surface area contributed by atoms with E-state index < -0.39 is 17.0 Å². The number of hydrogen-bond donors (Lipinski definition) is 0. The zero-order valence-electron chi connectivity index (χ0n) is 22.2. The van der Waals surface area contributed by atoms with Gasteiger partial charge in [-0.2, -0.15) is 12.1 Å². The van der Waals surface area contributed by atoms with E-state index in [-0.39, 0.29) is 7.92 Å². The summed E-state index contributed by atoms with van der Waals surface area (Å²) < 4.78 is 0. The molecule has 37 heavy (non-hydrogen) atoms. The number of rotatable bonds is 8. The molecule has 0 radical (unpaired) electrons. The van der Waals surface area contributed by atoms with E-state index in [9.17, 15) is 0 Å². The van der Waals surface area contributed by atoms with E-state index in [0.717, 1.165) is 0 Å². The third-order valence-electron chi connectivity index (χ3n) is 6.51. The topological polar surface area (TPSA) is 0 Å². The Kier molecular flexibility index (Phi) is 13.5. The second-order valence-corrected chi connectivity index (χ2v) is 14.4. The normalized spacial score (nSPS) is 10.6. The third-order valence-corrected chi connectivity index (χ3v) is 9.21. The molecule has 0 aliphatic carbocycles. The summed E-state index contributed by atoms with van der Waals surface area (Å²) in [6.45, 7) is 6.75. The minimum atomic E-state index is -0.556. The average Bonchev–Trinajstić information content (AvgIpc) is 3.52. The molecular weight excluding hydrogens is 546 g/mol. The number of benzene rings is 3. The van der Waals surface area contributed by atoms with E-state index in [1.54, 1.807) is 5.30 Å². The van der Waals surface area contributed by atoms with E-state index in [1.807, 2.05) is 0 Å². The van der Waals surface area contributed by atoms with Crippen molar-refractivity contribution in [2.24, 2.45) is 0 Å². The predicted molar refractivity (Wildman–Crippen MR) is 167 cm³/mol. The first-order valence-electron chi connectivity index (χ1n) is 13.2. The maximum absolute atomic E-state index is 4.89. The van der Waals surface area contributed by atoms with Gasteiger partial charge in [-0.1, -0.05) is 89.6 Å². The summed E-state index contributed by atoms with van der Waals surface area (Å²) in [6.07, 6.45) is 8.26. The van der Waals surface area contributed by atoms with Crippen LogP contribution in [0.25, 0.3) is 32.7 Å². The molecule has 0 aromatic heterocycles. The van der Waals surface area contributed by atoms with Crippen molar-refractivity contribution in [2.45, 2.75) is 46.5 Å². The molecule has 0 fully saturated rings. The Morgan fingerprint density at radius 3 is 2.00 bits per heavy atom. The number of unbranched alkanes of at least 4 members (excludes halogenated alkanes) is 2. The van der Waals surface area contributed by atoms with Crippen molar-refractivity contribution < 1.29 is 17.0 Å². The molecule has 194 valence electrons. The Hall–Kier alpha value is -1.40. The molecule has 0 unspecified atom stereocenters. The van der Waals surface area contributed by atoms with Crippen LogP contribution < -0.4 is 5.30 Å². The van der Waals surface area contributed by atoms with Gasteiger partial charge in [0.1, 0.15) is 0 Å². The monoisotopic (exact) mass is 582 g/mol. The first kappa shape index (κ1) is 30.2. The number of aryl methyl sites for hydroxylation is 1. The van der Waals surface area contributed by atoms with Crippen LogP contribution in [0.4, 0.5) is 0 Å². The Balaban J connectivity index is 0.000000187. The second kappa shape index (κ2) is 16.5. The van der Waals surface area contributed by atoms with Crippen LogP contribution in [-0.4, -0.2) is 12.3 Å². The summed E-state index contributed by atoms with van der Waals surface area (Å²) in [5.41, 5.74) is 3.95. The Bertz CT molecular complexity index is 1280. The van der Waals surface area contributed by atoms with Gasteiger partial charge in [0.2, 0.25) is 0 Å². The number of halogens is 2. The second-order valence-electron chi connectivity index (χ2n) is 9.32. The van der Waals surface area contributed by atoms with Gasteiger partial charge in [0, 0.05) is 0 Å². The van der Waals surface area contributed by atoms with Crippen molar-refractivity contribution in [3.63, 3.8) is 0 Å². The van der Waals surface area contributed by atoms with Crippen LogP contribution in [0.1, 0.15) is 45.1 Å². The molecule has 0 saturated carbocycles. The third kappa shape index (κ3) is 9.09. The van der Waals surface area contributed by atoms with E-state index in [0.29, 0.717) is 0 Å². The van der Waals surface area contributed by atoms with Gasteiger partial charge in [-0.3, -0.25) is 0 Å². The summed E-state index contributed by atoms with van der Waals surface area (Å²) in [6, 6.07) is 35.2. The Morgan fingerprint density at radius 1 is 0.730 bits per heavy atom. The molecule has 0 atom stereocenters. The molecule has 0 aliphatic heterocycles. The Labute approximate surface area is 241 Å². The molecule has 0 spiro atoms. The molecule has 5 rings (SSSR count). The van der Waals surface area contributed by atoms with Crippen LogP contribution in [-0.2, 0) is 17.0 Å². The van der Waals surface area contributed by atoms with Gasteiger partial charge in [-0.05, 0) is 30.7 Å². The first-order valence-corrected chi connectivity index (χ1v) is 19.2. The van der Waals surface area contributed by atoms with Crippen LogP contribution in [0.3, 0.4) is 0 Å². The molecule has 0 N–H and O–H groups in total. The summed E-state index contributed by atoms with van der Waals surface area (Å²) >= 11 is -0.556. The van der Waals surface area contributed by atoms with Gasteiger partial charge in [0.05, 0.1) is 0 Å². The predicted octanol–water partition coefficient (Wildman–Crippen LogP) is 11.2. The van der Waals surface area contributed by atoms with Gasteiger partial charge in [-0.15, -0.1) is 74.9 Å². The molecule has 0 saturated heterocycles. The zero-order chi connectivity index (χ0) is 26.5. The van der Waals surface area contributed by atoms with Crippen LogP contribution in [0, 0.1) is 6.92 Å². The van der Waals surface area contributed by atoms with Gasteiger partial charge in [0.15, 0.2) is 0 Å². The van der Waals surface area contributed by atoms with E-state index in [2.05, 4.69) is 118 Å².